The smallest absolute Gasteiger partial charge is 0.129 e. The van der Waals surface area contributed by atoms with Crippen LogP contribution in [0.3, 0.4) is 0 Å². The lowest BCUT2D eigenvalue weighted by atomic mass is 9.96. The Morgan fingerprint density at radius 3 is 2.21 bits per heavy atom. The number of hydrogen-bond donors (Lipinski definition) is 1. The highest BCUT2D eigenvalue weighted by molar-refractivity contribution is 5.37. The Morgan fingerprint density at radius 2 is 1.53 bits per heavy atom. The number of aliphatic hydroxyl groups excluding tert-OH is 1. The lowest BCUT2D eigenvalue weighted by Gasteiger charge is -2.15. The minimum absolute atomic E-state index is 0.157. The van der Waals surface area contributed by atoms with E-state index in [1.54, 1.807) is 6.92 Å². The molecule has 1 atom stereocenters. The Morgan fingerprint density at radius 1 is 0.842 bits per heavy atom. The molecule has 0 aromatic heterocycles. The van der Waals surface area contributed by atoms with Crippen molar-refractivity contribution in [3.8, 4) is 0 Å². The molecule has 0 aliphatic heterocycles. The average Bonchev–Trinajstić information content (AvgIpc) is 2.36. The maximum Gasteiger partial charge on any atom is 0.129 e. The second-order valence-electron chi connectivity index (χ2n) is 4.53. The van der Waals surface area contributed by atoms with E-state index in [1.807, 2.05) is 0 Å². The number of aliphatic hydroxyl groups is 1. The Kier molecular flexibility index (Phi) is 3.62. The van der Waals surface area contributed by atoms with Crippen molar-refractivity contribution in [2.45, 2.75) is 20.0 Å². The molecule has 1 N–H and O–H groups in total. The van der Waals surface area contributed by atoms with Gasteiger partial charge in [-0.25, -0.2) is 13.2 Å². The summed E-state index contributed by atoms with van der Waals surface area (Å²) in [5.74, 6) is -1.85. The van der Waals surface area contributed by atoms with E-state index in [9.17, 15) is 18.3 Å². The topological polar surface area (TPSA) is 20.2 Å². The summed E-state index contributed by atoms with van der Waals surface area (Å²) >= 11 is 0. The molecule has 0 aliphatic rings. The normalized spacial score (nSPS) is 12.5. The fourth-order valence-corrected chi connectivity index (χ4v) is 1.94. The third kappa shape index (κ3) is 2.63. The number of benzene rings is 2. The third-order valence-electron chi connectivity index (χ3n) is 3.11. The summed E-state index contributed by atoms with van der Waals surface area (Å²) < 4.78 is 40.4. The van der Waals surface area contributed by atoms with Gasteiger partial charge in [0.25, 0.3) is 0 Å². The van der Waals surface area contributed by atoms with E-state index >= 15 is 0 Å². The molecule has 1 unspecified atom stereocenters. The number of rotatable bonds is 2. The van der Waals surface area contributed by atoms with E-state index in [1.165, 1.54) is 19.1 Å². The van der Waals surface area contributed by atoms with Crippen LogP contribution in [0.2, 0.25) is 0 Å². The van der Waals surface area contributed by atoms with Crippen LogP contribution in [0.15, 0.2) is 30.3 Å². The molecular formula is C15H13F3O. The van der Waals surface area contributed by atoms with Crippen molar-refractivity contribution in [2.75, 3.05) is 0 Å². The molecule has 2 rings (SSSR count). The first-order chi connectivity index (χ1) is 8.90. The molecule has 0 fully saturated rings. The van der Waals surface area contributed by atoms with Crippen LogP contribution in [0.4, 0.5) is 13.2 Å². The molecule has 19 heavy (non-hydrogen) atoms. The van der Waals surface area contributed by atoms with E-state index in [-0.39, 0.29) is 16.7 Å². The van der Waals surface area contributed by atoms with Gasteiger partial charge in [-0.2, -0.15) is 0 Å². The van der Waals surface area contributed by atoms with Crippen LogP contribution in [0, 0.1) is 31.3 Å². The second-order valence-corrected chi connectivity index (χ2v) is 4.53. The Bertz CT molecular complexity index is 623. The van der Waals surface area contributed by atoms with Gasteiger partial charge in [0.15, 0.2) is 0 Å². The molecule has 0 bridgehead atoms. The third-order valence-corrected chi connectivity index (χ3v) is 3.11. The van der Waals surface area contributed by atoms with Gasteiger partial charge in [0.2, 0.25) is 0 Å². The fourth-order valence-electron chi connectivity index (χ4n) is 1.94. The zero-order valence-electron chi connectivity index (χ0n) is 10.5. The first-order valence-corrected chi connectivity index (χ1v) is 5.80. The fraction of sp³-hybridized carbons (Fsp3) is 0.200. The molecule has 2 aromatic carbocycles. The first kappa shape index (κ1) is 13.6. The zero-order chi connectivity index (χ0) is 14.2. The van der Waals surface area contributed by atoms with E-state index < -0.39 is 23.6 Å². The van der Waals surface area contributed by atoms with Gasteiger partial charge < -0.3 is 5.11 Å². The Labute approximate surface area is 109 Å². The summed E-state index contributed by atoms with van der Waals surface area (Å²) in [4.78, 5) is 0. The van der Waals surface area contributed by atoms with Crippen molar-refractivity contribution in [2.24, 2.45) is 0 Å². The molecule has 100 valence electrons. The van der Waals surface area contributed by atoms with Gasteiger partial charge in [0.1, 0.15) is 23.6 Å². The molecule has 0 radical (unpaired) electrons. The van der Waals surface area contributed by atoms with Gasteiger partial charge in [-0.05, 0) is 54.8 Å². The molecule has 0 saturated carbocycles. The van der Waals surface area contributed by atoms with Crippen molar-refractivity contribution in [1.29, 1.82) is 0 Å². The highest BCUT2D eigenvalue weighted by atomic mass is 19.1. The van der Waals surface area contributed by atoms with Gasteiger partial charge in [0.05, 0.1) is 0 Å². The highest BCUT2D eigenvalue weighted by Gasteiger charge is 2.19. The molecule has 4 heteroatoms. The summed E-state index contributed by atoms with van der Waals surface area (Å²) in [6, 6.07) is 5.81. The predicted octanol–water partition coefficient (Wildman–Crippen LogP) is 3.80. The van der Waals surface area contributed by atoms with Crippen LogP contribution in [0.25, 0.3) is 0 Å². The molecule has 0 heterocycles. The van der Waals surface area contributed by atoms with E-state index in [2.05, 4.69) is 0 Å². The molecule has 0 amide bonds. The zero-order valence-corrected chi connectivity index (χ0v) is 10.5. The van der Waals surface area contributed by atoms with E-state index in [0.29, 0.717) is 5.56 Å². The van der Waals surface area contributed by atoms with Gasteiger partial charge in [0, 0.05) is 5.56 Å². The van der Waals surface area contributed by atoms with Crippen molar-refractivity contribution in [3.63, 3.8) is 0 Å². The van der Waals surface area contributed by atoms with Crippen LogP contribution < -0.4 is 0 Å². The average molecular weight is 266 g/mol. The summed E-state index contributed by atoms with van der Waals surface area (Å²) in [5, 5.41) is 10.1. The summed E-state index contributed by atoms with van der Waals surface area (Å²) in [6.45, 7) is 3.10. The largest absolute Gasteiger partial charge is 0.384 e. The Hall–Kier alpha value is -1.81. The van der Waals surface area contributed by atoms with Crippen LogP contribution in [0.5, 0.6) is 0 Å². The molecule has 1 nitrogen and oxygen atoms in total. The molecule has 0 saturated heterocycles. The lowest BCUT2D eigenvalue weighted by molar-refractivity contribution is 0.213. The minimum Gasteiger partial charge on any atom is -0.384 e. The number of aryl methyl sites for hydroxylation is 2. The van der Waals surface area contributed by atoms with Crippen LogP contribution in [0.1, 0.15) is 28.4 Å². The van der Waals surface area contributed by atoms with Gasteiger partial charge in [-0.3, -0.25) is 0 Å². The second kappa shape index (κ2) is 5.05. The monoisotopic (exact) mass is 266 g/mol. The standard InChI is InChI=1S/C15H13F3O/c1-8-3-4-10(16)6-11(8)15(19)12-7-13(17)9(2)5-14(12)18/h3-7,15,19H,1-2H3. The predicted molar refractivity (Wildman–Crippen MR) is 66.3 cm³/mol. The van der Waals surface area contributed by atoms with Gasteiger partial charge in [-0.15, -0.1) is 0 Å². The van der Waals surface area contributed by atoms with Gasteiger partial charge >= 0.3 is 0 Å². The molecule has 0 spiro atoms. The number of hydrogen-bond acceptors (Lipinski definition) is 1. The summed E-state index contributed by atoms with van der Waals surface area (Å²) in [6.07, 6.45) is -1.40. The van der Waals surface area contributed by atoms with E-state index in [4.69, 9.17) is 0 Å². The highest BCUT2D eigenvalue weighted by Crippen LogP contribution is 2.28. The summed E-state index contributed by atoms with van der Waals surface area (Å²) in [5.41, 5.74) is 0.789. The number of halogens is 3. The lowest BCUT2D eigenvalue weighted by Crippen LogP contribution is -2.06. The SMILES string of the molecule is Cc1cc(F)c(C(O)c2cc(F)ccc2C)cc1F. The van der Waals surface area contributed by atoms with Crippen molar-refractivity contribution < 1.29 is 18.3 Å². The van der Waals surface area contributed by atoms with E-state index in [0.717, 1.165) is 18.2 Å². The van der Waals surface area contributed by atoms with Crippen molar-refractivity contribution >= 4 is 0 Å². The summed E-state index contributed by atoms with van der Waals surface area (Å²) in [7, 11) is 0. The quantitative estimate of drug-likeness (QED) is 0.876. The molecule has 2 aromatic rings. The molecule has 0 aliphatic carbocycles. The van der Waals surface area contributed by atoms with Gasteiger partial charge in [-0.1, -0.05) is 6.07 Å². The van der Waals surface area contributed by atoms with Crippen molar-refractivity contribution in [3.05, 3.63) is 70.0 Å². The molecular weight excluding hydrogens is 253 g/mol. The van der Waals surface area contributed by atoms with Crippen LogP contribution >= 0.6 is 0 Å². The van der Waals surface area contributed by atoms with Crippen molar-refractivity contribution in [1.82, 2.24) is 0 Å². The maximum absolute atomic E-state index is 13.8. The Balaban J connectivity index is 2.52. The van der Waals surface area contributed by atoms with Crippen LogP contribution in [-0.4, -0.2) is 5.11 Å². The minimum atomic E-state index is -1.40. The van der Waals surface area contributed by atoms with Crippen LogP contribution in [-0.2, 0) is 0 Å². The first-order valence-electron chi connectivity index (χ1n) is 5.80. The maximum atomic E-state index is 13.8.